The second-order valence-corrected chi connectivity index (χ2v) is 7.46. The summed E-state index contributed by atoms with van der Waals surface area (Å²) in [6, 6.07) is 23.5. The molecule has 0 spiro atoms. The number of para-hydroxylation sites is 1. The molecule has 0 bridgehead atoms. The highest BCUT2D eigenvalue weighted by Gasteiger charge is 2.25. The lowest BCUT2D eigenvalue weighted by atomic mass is 9.75. The number of nitrogens with zero attached hydrogens (tertiary/aromatic N) is 3. The van der Waals surface area contributed by atoms with E-state index in [4.69, 9.17) is 0 Å². The first kappa shape index (κ1) is 20.8. The lowest BCUT2D eigenvalue weighted by Gasteiger charge is -2.18. The third-order valence-electron chi connectivity index (χ3n) is 5.15. The summed E-state index contributed by atoms with van der Waals surface area (Å²) in [6.45, 7) is 0. The topological polar surface area (TPSA) is 100 Å². The number of hydrogen-bond donors (Lipinski definition) is 3. The average molecular weight is 414 g/mol. The predicted molar refractivity (Wildman–Crippen MR) is 119 cm³/mol. The predicted octanol–water partition coefficient (Wildman–Crippen LogP) is 2.09. The number of carbonyl (C=O) groups is 1. The second kappa shape index (κ2) is 9.55. The summed E-state index contributed by atoms with van der Waals surface area (Å²) in [7, 11) is -1.66. The van der Waals surface area contributed by atoms with Gasteiger partial charge in [0.2, 0.25) is 5.91 Å². The van der Waals surface area contributed by atoms with Crippen molar-refractivity contribution >= 4 is 23.8 Å². The standard InChI is InChI=1S/C23H23BN4O3/c29-23(13-12-20-16-28(27-26-20)21-8-2-1-3-9-21)25-22(24(30)31)15-17-10-11-18-6-4-5-7-19(18)14-17/h1-11,14,16,22,30-31H,12-13,15H2,(H,25,29)/t22-/m0/s1. The van der Waals surface area contributed by atoms with Crippen LogP contribution in [0.3, 0.4) is 0 Å². The molecule has 7 nitrogen and oxygen atoms in total. The van der Waals surface area contributed by atoms with Gasteiger partial charge in [-0.3, -0.25) is 4.79 Å². The molecule has 31 heavy (non-hydrogen) atoms. The van der Waals surface area contributed by atoms with Crippen LogP contribution in [0.2, 0.25) is 0 Å². The van der Waals surface area contributed by atoms with Crippen LogP contribution in [0.25, 0.3) is 16.5 Å². The Labute approximate surface area is 180 Å². The van der Waals surface area contributed by atoms with E-state index in [-0.39, 0.29) is 12.3 Å². The van der Waals surface area contributed by atoms with E-state index in [0.717, 1.165) is 22.0 Å². The van der Waals surface area contributed by atoms with E-state index in [9.17, 15) is 14.8 Å². The minimum atomic E-state index is -1.66. The van der Waals surface area contributed by atoms with Crippen LogP contribution in [-0.4, -0.2) is 44.0 Å². The third-order valence-corrected chi connectivity index (χ3v) is 5.15. The highest BCUT2D eigenvalue weighted by atomic mass is 16.4. The number of nitrogens with one attached hydrogen (secondary N) is 1. The van der Waals surface area contributed by atoms with Crippen molar-refractivity contribution in [3.05, 3.63) is 90.3 Å². The van der Waals surface area contributed by atoms with E-state index >= 15 is 0 Å². The lowest BCUT2D eigenvalue weighted by Crippen LogP contribution is -2.48. The molecule has 0 fully saturated rings. The van der Waals surface area contributed by atoms with Crippen molar-refractivity contribution < 1.29 is 14.8 Å². The van der Waals surface area contributed by atoms with Crippen LogP contribution in [0, 0.1) is 0 Å². The van der Waals surface area contributed by atoms with Crippen molar-refractivity contribution in [2.24, 2.45) is 0 Å². The van der Waals surface area contributed by atoms with Gasteiger partial charge in [-0.2, -0.15) is 0 Å². The molecule has 0 aliphatic rings. The van der Waals surface area contributed by atoms with Crippen LogP contribution in [0.4, 0.5) is 0 Å². The summed E-state index contributed by atoms with van der Waals surface area (Å²) in [5.74, 6) is -1.07. The molecular weight excluding hydrogens is 391 g/mol. The van der Waals surface area contributed by atoms with Gasteiger partial charge in [0.25, 0.3) is 0 Å². The van der Waals surface area contributed by atoms with E-state index in [1.165, 1.54) is 0 Å². The van der Waals surface area contributed by atoms with Crippen molar-refractivity contribution in [1.29, 1.82) is 0 Å². The van der Waals surface area contributed by atoms with Crippen LogP contribution >= 0.6 is 0 Å². The SMILES string of the molecule is O=C(CCc1cn(-c2ccccc2)nn1)N[C@@H](Cc1ccc2ccccc2c1)B(O)O. The monoisotopic (exact) mass is 414 g/mol. The molecule has 3 N–H and O–H groups in total. The second-order valence-electron chi connectivity index (χ2n) is 7.46. The van der Waals surface area contributed by atoms with Gasteiger partial charge in [-0.05, 0) is 34.9 Å². The number of amides is 1. The van der Waals surface area contributed by atoms with Crippen LogP contribution < -0.4 is 5.32 Å². The first-order valence-electron chi connectivity index (χ1n) is 10.2. The first-order chi connectivity index (χ1) is 15.1. The number of aryl methyl sites for hydroxylation is 1. The van der Waals surface area contributed by atoms with Crippen molar-refractivity contribution in [1.82, 2.24) is 20.3 Å². The summed E-state index contributed by atoms with van der Waals surface area (Å²) < 4.78 is 1.66. The largest absolute Gasteiger partial charge is 0.475 e. The van der Waals surface area contributed by atoms with E-state index in [1.54, 1.807) is 10.9 Å². The maximum atomic E-state index is 12.4. The van der Waals surface area contributed by atoms with E-state index < -0.39 is 13.1 Å². The zero-order chi connectivity index (χ0) is 21.6. The summed E-state index contributed by atoms with van der Waals surface area (Å²) in [4.78, 5) is 12.4. The maximum absolute atomic E-state index is 12.4. The zero-order valence-corrected chi connectivity index (χ0v) is 16.9. The quantitative estimate of drug-likeness (QED) is 0.384. The maximum Gasteiger partial charge on any atom is 0.475 e. The van der Waals surface area contributed by atoms with Gasteiger partial charge in [-0.15, -0.1) is 5.10 Å². The Kier molecular flexibility index (Phi) is 6.40. The van der Waals surface area contributed by atoms with Gasteiger partial charge >= 0.3 is 7.12 Å². The van der Waals surface area contributed by atoms with Crippen molar-refractivity contribution in [3.63, 3.8) is 0 Å². The average Bonchev–Trinajstić information content (AvgIpc) is 3.27. The Morgan fingerprint density at radius 1 is 1.00 bits per heavy atom. The summed E-state index contributed by atoms with van der Waals surface area (Å²) in [5, 5.41) is 32.6. The molecule has 0 saturated heterocycles. The van der Waals surface area contributed by atoms with Crippen molar-refractivity contribution in [2.45, 2.75) is 25.2 Å². The molecule has 0 saturated carbocycles. The van der Waals surface area contributed by atoms with Gasteiger partial charge in [0.1, 0.15) is 0 Å². The lowest BCUT2D eigenvalue weighted by molar-refractivity contribution is -0.121. The number of benzene rings is 3. The minimum absolute atomic E-state index is 0.175. The minimum Gasteiger partial charge on any atom is -0.426 e. The molecule has 0 unspecified atom stereocenters. The number of carbonyl (C=O) groups excluding carboxylic acids is 1. The highest BCUT2D eigenvalue weighted by molar-refractivity contribution is 6.43. The van der Waals surface area contributed by atoms with Crippen molar-refractivity contribution in [2.75, 3.05) is 0 Å². The molecule has 0 aliphatic carbocycles. The molecule has 8 heteroatoms. The smallest absolute Gasteiger partial charge is 0.426 e. The molecule has 1 aromatic heterocycles. The fourth-order valence-corrected chi connectivity index (χ4v) is 3.49. The van der Waals surface area contributed by atoms with Gasteiger partial charge in [0, 0.05) is 12.8 Å². The number of rotatable bonds is 8. The van der Waals surface area contributed by atoms with Crippen LogP contribution in [0.5, 0.6) is 0 Å². The fraction of sp³-hybridized carbons (Fsp3) is 0.174. The van der Waals surface area contributed by atoms with E-state index in [2.05, 4.69) is 15.6 Å². The molecule has 1 heterocycles. The van der Waals surface area contributed by atoms with Gasteiger partial charge in [-0.1, -0.05) is 65.9 Å². The van der Waals surface area contributed by atoms with Gasteiger partial charge in [0.05, 0.1) is 23.5 Å². The molecule has 3 aromatic carbocycles. The zero-order valence-electron chi connectivity index (χ0n) is 16.9. The van der Waals surface area contributed by atoms with Crippen molar-refractivity contribution in [3.8, 4) is 5.69 Å². The third kappa shape index (κ3) is 5.36. The van der Waals surface area contributed by atoms with Gasteiger partial charge in [0.15, 0.2) is 0 Å². The Balaban J connectivity index is 1.35. The summed E-state index contributed by atoms with van der Waals surface area (Å²) >= 11 is 0. The first-order valence-corrected chi connectivity index (χ1v) is 10.2. The molecule has 1 amide bonds. The fourth-order valence-electron chi connectivity index (χ4n) is 3.49. The van der Waals surface area contributed by atoms with Gasteiger partial charge < -0.3 is 15.4 Å². The van der Waals surface area contributed by atoms with Crippen LogP contribution in [0.1, 0.15) is 17.7 Å². The Bertz CT molecular complexity index is 1160. The summed E-state index contributed by atoms with van der Waals surface area (Å²) in [6.07, 6.45) is 2.69. The molecular formula is C23H23BN4O3. The molecule has 156 valence electrons. The van der Waals surface area contributed by atoms with E-state index in [0.29, 0.717) is 18.5 Å². The number of hydrogen-bond acceptors (Lipinski definition) is 5. The van der Waals surface area contributed by atoms with Crippen LogP contribution in [-0.2, 0) is 17.6 Å². The summed E-state index contributed by atoms with van der Waals surface area (Å²) in [5.41, 5.74) is 2.50. The number of aromatic nitrogens is 3. The Morgan fingerprint density at radius 2 is 1.74 bits per heavy atom. The highest BCUT2D eigenvalue weighted by Crippen LogP contribution is 2.17. The van der Waals surface area contributed by atoms with Crippen LogP contribution in [0.15, 0.2) is 79.0 Å². The molecule has 1 atom stereocenters. The molecule has 0 radical (unpaired) electrons. The number of fused-ring (bicyclic) bond motifs is 1. The normalized spacial score (nSPS) is 11.9. The Morgan fingerprint density at radius 3 is 2.52 bits per heavy atom. The van der Waals surface area contributed by atoms with Gasteiger partial charge in [-0.25, -0.2) is 4.68 Å². The molecule has 0 aliphatic heterocycles. The molecule has 4 aromatic rings. The Hall–Kier alpha value is -3.49. The molecule has 4 rings (SSSR count). The van der Waals surface area contributed by atoms with E-state index in [1.807, 2.05) is 72.8 Å².